The first-order valence-corrected chi connectivity index (χ1v) is 11.9. The number of aromatic nitrogens is 1. The number of nitrogens with zero attached hydrogens (tertiary/aromatic N) is 1. The van der Waals surface area contributed by atoms with E-state index in [0.29, 0.717) is 5.56 Å². The Hall–Kier alpha value is -3.39. The van der Waals surface area contributed by atoms with Crippen molar-refractivity contribution in [2.45, 2.75) is 66.2 Å². The molecule has 0 amide bonds. The summed E-state index contributed by atoms with van der Waals surface area (Å²) in [6, 6.07) is 11.6. The second-order valence-electron chi connectivity index (χ2n) is 9.62. The average molecular weight is 527 g/mol. The van der Waals surface area contributed by atoms with E-state index in [-0.39, 0.29) is 44.3 Å². The highest BCUT2D eigenvalue weighted by Crippen LogP contribution is 2.58. The van der Waals surface area contributed by atoms with Crippen LogP contribution in [0.2, 0.25) is 0 Å². The second-order valence-corrected chi connectivity index (χ2v) is 9.62. The topological polar surface area (TPSA) is 17.0 Å². The summed E-state index contributed by atoms with van der Waals surface area (Å²) in [5, 5.41) is 0.459. The Balaban J connectivity index is 1.87. The van der Waals surface area contributed by atoms with Gasteiger partial charge in [-0.2, -0.15) is 0 Å². The van der Waals surface area contributed by atoms with Crippen LogP contribution in [0.1, 0.15) is 108 Å². The van der Waals surface area contributed by atoms with Crippen LogP contribution in [0.5, 0.6) is 0 Å². The lowest BCUT2D eigenvalue weighted by Gasteiger charge is -2.40. The van der Waals surface area contributed by atoms with Crippen LogP contribution in [0.3, 0.4) is 0 Å². The Morgan fingerprint density at radius 2 is 1.53 bits per heavy atom. The third-order valence-electron chi connectivity index (χ3n) is 7.57. The Morgan fingerprint density at radius 3 is 2.24 bits per heavy atom. The van der Waals surface area contributed by atoms with Crippen molar-refractivity contribution in [3.63, 3.8) is 0 Å². The number of aryl methyl sites for hydroxylation is 3. The molecular weight excluding hydrogens is 462 g/mol. The molecule has 0 bridgehead atoms. The van der Waals surface area contributed by atoms with Gasteiger partial charge in [0.15, 0.2) is 6.20 Å². The average Bonchev–Trinajstić information content (AvgIpc) is 3.61. The van der Waals surface area contributed by atoms with Crippen LogP contribution < -0.4 is 4.57 Å². The third-order valence-corrected chi connectivity index (χ3v) is 7.57. The van der Waals surface area contributed by atoms with Crippen molar-refractivity contribution < 1.29 is 41.9 Å². The number of fused-ring (bicyclic) bond motifs is 7. The van der Waals surface area contributed by atoms with E-state index in [4.69, 9.17) is 34.6 Å². The molecule has 0 saturated heterocycles. The van der Waals surface area contributed by atoms with E-state index < -0.39 is 93.3 Å². The van der Waals surface area contributed by atoms with Gasteiger partial charge in [-0.15, -0.1) is 0 Å². The van der Waals surface area contributed by atoms with Crippen LogP contribution in [0.4, 0.5) is 0 Å². The quantitative estimate of drug-likeness (QED) is 0.213. The van der Waals surface area contributed by atoms with Gasteiger partial charge >= 0.3 is 0 Å². The van der Waals surface area contributed by atoms with Crippen LogP contribution in [-0.2, 0) is 12.5 Å². The molecule has 0 atom stereocenters. The third kappa shape index (κ3) is 3.16. The Labute approximate surface area is 261 Å². The number of furan rings is 1. The van der Waals surface area contributed by atoms with E-state index in [1.165, 1.54) is 35.9 Å². The van der Waals surface area contributed by atoms with Crippen molar-refractivity contribution in [1.29, 1.82) is 0 Å². The molecule has 0 unspecified atom stereocenters. The van der Waals surface area contributed by atoms with E-state index in [1.807, 2.05) is 0 Å². The summed E-state index contributed by atoms with van der Waals surface area (Å²) < 4.78 is 213. The van der Waals surface area contributed by atoms with Crippen LogP contribution >= 0.6 is 0 Å². The first kappa shape index (κ1) is 9.66. The van der Waals surface area contributed by atoms with Gasteiger partial charge in [0.05, 0.1) is 5.56 Å². The van der Waals surface area contributed by atoms with Gasteiger partial charge in [0.1, 0.15) is 18.2 Å². The number of rotatable bonds is 4. The Kier molecular flexibility index (Phi) is 2.18. The summed E-state index contributed by atoms with van der Waals surface area (Å²) in [5.74, 6) is -11.6. The predicted octanol–water partition coefficient (Wildman–Crippen LogP) is 9.40. The summed E-state index contributed by atoms with van der Waals surface area (Å²) in [4.78, 5) is 0. The van der Waals surface area contributed by atoms with Gasteiger partial charge in [-0.3, -0.25) is 0 Å². The molecular formula is C36H40NO+. The minimum atomic E-state index is -4.05. The minimum Gasteiger partial charge on any atom is -0.454 e. The SMILES string of the molecule is [2H]C([2H])([2H])c1c[n+](C)c(-c2c(C)ccc3c2oc2c4c(ccc23)C(C([2H])(C([2H])([2H])[2H])C([2H])([2H])[2H])(C([2H])(C([2H])([2H])[2H])C([2H])([2H])[2H])c2ccccc2-4)cc1C([2H])(C([2H])([2H])[2H])C([2H])([2H])[2H]. The number of pyridine rings is 1. The molecule has 0 radical (unpaired) electrons. The lowest BCUT2D eigenvalue weighted by atomic mass is 9.63. The van der Waals surface area contributed by atoms with Crippen LogP contribution in [0.25, 0.3) is 44.3 Å². The fourth-order valence-corrected chi connectivity index (χ4v) is 5.84. The normalized spacial score (nSPS) is 26.8. The van der Waals surface area contributed by atoms with Crippen LogP contribution in [0.15, 0.2) is 65.2 Å². The van der Waals surface area contributed by atoms with Gasteiger partial charge in [-0.05, 0) is 59.3 Å². The molecule has 6 rings (SSSR count). The van der Waals surface area contributed by atoms with E-state index in [2.05, 4.69) is 0 Å². The fraction of sp³-hybridized carbons (Fsp3) is 0.361. The fourth-order valence-electron chi connectivity index (χ4n) is 5.84. The maximum atomic E-state index is 9.67. The lowest BCUT2D eigenvalue weighted by molar-refractivity contribution is -0.660. The molecule has 194 valence electrons. The lowest BCUT2D eigenvalue weighted by Crippen LogP contribution is -2.37. The van der Waals surface area contributed by atoms with Crippen molar-refractivity contribution in [3.8, 4) is 22.4 Å². The van der Waals surface area contributed by atoms with Crippen molar-refractivity contribution in [2.24, 2.45) is 18.8 Å². The zero-order valence-corrected chi connectivity index (χ0v) is 20.6. The summed E-state index contributed by atoms with van der Waals surface area (Å²) in [5.41, 5.74) is -6.38. The molecule has 2 heteroatoms. The van der Waals surface area contributed by atoms with Crippen molar-refractivity contribution in [3.05, 3.63) is 88.6 Å². The van der Waals surface area contributed by atoms with Crippen LogP contribution in [-0.4, -0.2) is 0 Å². The molecule has 5 aromatic rings. The van der Waals surface area contributed by atoms with E-state index in [1.54, 1.807) is 19.1 Å². The molecule has 3 aromatic carbocycles. The molecule has 2 aromatic heterocycles. The van der Waals surface area contributed by atoms with E-state index in [9.17, 15) is 2.74 Å². The van der Waals surface area contributed by atoms with Gasteiger partial charge in [-0.1, -0.05) is 89.6 Å². The predicted molar refractivity (Wildman–Crippen MR) is 160 cm³/mol. The number of hydrogen-bond donors (Lipinski definition) is 0. The van der Waals surface area contributed by atoms with Gasteiger partial charge in [0.25, 0.3) is 0 Å². The first-order valence-electron chi connectivity index (χ1n) is 23.9. The van der Waals surface area contributed by atoms with Crippen molar-refractivity contribution >= 4 is 21.9 Å². The summed E-state index contributed by atoms with van der Waals surface area (Å²) in [6.45, 7) is -24.7. The zero-order chi connectivity index (χ0) is 47.4. The maximum absolute atomic E-state index is 9.67. The Bertz CT molecular complexity index is 2530. The van der Waals surface area contributed by atoms with Gasteiger partial charge in [0.2, 0.25) is 5.69 Å². The number of hydrogen-bond acceptors (Lipinski definition) is 1. The highest BCUT2D eigenvalue weighted by Gasteiger charge is 2.48. The second kappa shape index (κ2) is 8.56. The molecule has 0 spiro atoms. The van der Waals surface area contributed by atoms with Gasteiger partial charge < -0.3 is 4.42 Å². The highest BCUT2D eigenvalue weighted by atomic mass is 16.3. The molecule has 0 N–H and O–H groups in total. The van der Waals surface area contributed by atoms with E-state index in [0.717, 1.165) is 24.4 Å². The molecule has 2 heterocycles. The van der Waals surface area contributed by atoms with Crippen LogP contribution in [0, 0.1) is 25.6 Å². The van der Waals surface area contributed by atoms with Gasteiger partial charge in [-0.25, -0.2) is 4.57 Å². The molecule has 1 aliphatic carbocycles. The molecule has 0 fully saturated rings. The molecule has 1 aliphatic rings. The van der Waals surface area contributed by atoms with Gasteiger partial charge in [0, 0.05) is 66.3 Å². The van der Waals surface area contributed by atoms with Crippen molar-refractivity contribution in [1.82, 2.24) is 0 Å². The highest BCUT2D eigenvalue weighted by molar-refractivity contribution is 6.14. The number of benzene rings is 3. The molecule has 0 aliphatic heterocycles. The Morgan fingerprint density at radius 1 is 0.816 bits per heavy atom. The molecule has 2 nitrogen and oxygen atoms in total. The maximum Gasteiger partial charge on any atom is 0.216 e. The monoisotopic (exact) mass is 526 g/mol. The van der Waals surface area contributed by atoms with E-state index >= 15 is 0 Å². The minimum absolute atomic E-state index is 0.0309. The summed E-state index contributed by atoms with van der Waals surface area (Å²) in [7, 11) is 1.39. The smallest absolute Gasteiger partial charge is 0.216 e. The molecule has 0 saturated carbocycles. The standard InChI is InChI=1S/C36H40NO/c1-20(2)28-18-31(37(9)19-24(28)8)32-23(7)14-15-25-26-16-17-30-33(35(26)38-34(25)32)27-12-10-11-13-29(27)36(30,21(3)4)22(5)6/h10-22H,1-9H3/q+1/i1D3,2D3,3D3,4D3,5D3,6D3,8D3,20D,21D,22D. The first-order chi connectivity index (χ1) is 27.7. The summed E-state index contributed by atoms with van der Waals surface area (Å²) in [6.07, 6.45) is 0.997. The largest absolute Gasteiger partial charge is 0.454 e. The summed E-state index contributed by atoms with van der Waals surface area (Å²) >= 11 is 0. The van der Waals surface area contributed by atoms with Crippen molar-refractivity contribution in [2.75, 3.05) is 0 Å². The zero-order valence-electron chi connectivity index (χ0n) is 44.6. The molecule has 38 heavy (non-hydrogen) atoms.